The molecule has 352 valence electrons. The summed E-state index contributed by atoms with van der Waals surface area (Å²) in [7, 11) is 0. The zero-order valence-electron chi connectivity index (χ0n) is 25.7. The molecule has 0 aliphatic carbocycles. The van der Waals surface area contributed by atoms with Gasteiger partial charge < -0.3 is 4.74 Å². The number of hydrogen-bond donors (Lipinski definition) is 0. The van der Waals surface area contributed by atoms with Gasteiger partial charge in [0, 0.05) is 13.5 Å². The molecule has 0 aromatic carbocycles. The van der Waals surface area contributed by atoms with Gasteiger partial charge in [-0.05, 0) is 6.92 Å². The van der Waals surface area contributed by atoms with E-state index >= 15 is 0 Å². The molecular formula is C20H9F36NO. The van der Waals surface area contributed by atoms with Crippen LogP contribution in [-0.2, 0) is 4.74 Å². The highest BCUT2D eigenvalue weighted by Crippen LogP contribution is 2.65. The molecule has 2 nitrogen and oxygen atoms in total. The number of nitrogens with zero attached hydrogens (tertiary/aromatic N) is 1. The van der Waals surface area contributed by atoms with Crippen molar-refractivity contribution in [2.75, 3.05) is 6.61 Å². The number of ether oxygens (including phenoxy) is 1. The van der Waals surface area contributed by atoms with Gasteiger partial charge in [0.1, 0.15) is 0 Å². The first-order valence-corrected chi connectivity index (χ1v) is 12.5. The minimum Gasteiger partial charge on any atom is -0.338 e. The lowest BCUT2D eigenvalue weighted by Gasteiger charge is -2.47. The summed E-state index contributed by atoms with van der Waals surface area (Å²) in [5, 5.41) is 0. The van der Waals surface area contributed by atoms with Crippen molar-refractivity contribution >= 4 is 0 Å². The van der Waals surface area contributed by atoms with E-state index in [0.29, 0.717) is 0 Å². The van der Waals surface area contributed by atoms with E-state index in [0.717, 1.165) is 0 Å². The fourth-order valence-electron chi connectivity index (χ4n) is 3.27. The predicted molar refractivity (Wildman–Crippen MR) is 107 cm³/mol. The van der Waals surface area contributed by atoms with E-state index in [1.54, 1.807) is 0 Å². The molecule has 0 heterocycles. The van der Waals surface area contributed by atoms with Crippen LogP contribution in [0, 0.1) is 0 Å². The Kier molecular flexibility index (Phi) is 15.0. The van der Waals surface area contributed by atoms with Crippen LogP contribution in [0.2, 0.25) is 0 Å². The largest absolute Gasteiger partial charge is 0.460 e. The second kappa shape index (κ2) is 15.1. The van der Waals surface area contributed by atoms with Gasteiger partial charge in [-0.2, -0.15) is 140 Å². The van der Waals surface area contributed by atoms with Crippen molar-refractivity contribution in [2.24, 2.45) is 0 Å². The SMILES string of the molecule is CCOC(F)(C(F)(F)C(F)(F)C(C)(F)F)C(F)(C(F)(F)F)C(F)(F)F.FC(F)C(F)(F)N(C(F)(F)C(F)(F)C(F)(F)C(F)(F)F)C(F)(F)C(F)(F)C(F)(F)C(F)(F)F. The van der Waals surface area contributed by atoms with Gasteiger partial charge in [-0.3, -0.25) is 0 Å². The highest BCUT2D eigenvalue weighted by molar-refractivity contribution is 5.17. The smallest absolute Gasteiger partial charge is 0.338 e. The van der Waals surface area contributed by atoms with E-state index in [2.05, 4.69) is 4.74 Å². The summed E-state index contributed by atoms with van der Waals surface area (Å²) in [6.45, 7) is -2.75. The van der Waals surface area contributed by atoms with E-state index in [-0.39, 0.29) is 6.92 Å². The van der Waals surface area contributed by atoms with Crippen LogP contribution >= 0.6 is 0 Å². The molecular weight excluding hydrogens is 954 g/mol. The Morgan fingerprint density at radius 2 is 0.638 bits per heavy atom. The lowest BCUT2D eigenvalue weighted by molar-refractivity contribution is -0.508. The van der Waals surface area contributed by atoms with Crippen LogP contribution in [-0.4, -0.2) is 114 Å². The maximum absolute atomic E-state index is 14.0. The minimum absolute atomic E-state index is 0.236. The Morgan fingerprint density at radius 3 is 0.810 bits per heavy atom. The second-order valence-electron chi connectivity index (χ2n) is 10.3. The molecule has 0 aliphatic heterocycles. The van der Waals surface area contributed by atoms with E-state index in [1.165, 1.54) is 0 Å². The van der Waals surface area contributed by atoms with Crippen LogP contribution in [0.3, 0.4) is 0 Å². The average molecular weight is 963 g/mol. The zero-order valence-corrected chi connectivity index (χ0v) is 25.7. The molecule has 0 saturated heterocycles. The molecule has 0 aromatic heterocycles. The predicted octanol–water partition coefficient (Wildman–Crippen LogP) is 12.4. The Labute approximate surface area is 292 Å². The Morgan fingerprint density at radius 1 is 0.379 bits per heavy atom. The Bertz CT molecular complexity index is 1310. The normalized spacial score (nSPS) is 17.4. The van der Waals surface area contributed by atoms with Crippen LogP contribution in [0.4, 0.5) is 158 Å². The van der Waals surface area contributed by atoms with Crippen molar-refractivity contribution in [2.45, 2.75) is 116 Å². The van der Waals surface area contributed by atoms with Crippen molar-refractivity contribution in [3.8, 4) is 0 Å². The van der Waals surface area contributed by atoms with Crippen molar-refractivity contribution in [1.29, 1.82) is 0 Å². The van der Waals surface area contributed by atoms with Gasteiger partial charge >= 0.3 is 102 Å². The molecule has 1 atom stereocenters. The first-order chi connectivity index (χ1) is 24.4. The van der Waals surface area contributed by atoms with E-state index in [9.17, 15) is 158 Å². The van der Waals surface area contributed by atoms with Crippen molar-refractivity contribution in [3.63, 3.8) is 0 Å². The Hall–Kier alpha value is -2.60. The zero-order chi connectivity index (χ0) is 48.6. The molecule has 0 bridgehead atoms. The number of halogens is 36. The van der Waals surface area contributed by atoms with Crippen LogP contribution in [0.25, 0.3) is 0 Å². The fraction of sp³-hybridized carbons (Fsp3) is 1.00. The first kappa shape index (κ1) is 57.5. The third-order valence-corrected chi connectivity index (χ3v) is 6.30. The average Bonchev–Trinajstić information content (AvgIpc) is 2.92. The number of hydrogen-bond acceptors (Lipinski definition) is 2. The maximum Gasteiger partial charge on any atom is 0.460 e. The highest BCUT2D eigenvalue weighted by atomic mass is 19.5. The van der Waals surface area contributed by atoms with Gasteiger partial charge in [-0.1, -0.05) is 0 Å². The highest BCUT2D eigenvalue weighted by Gasteiger charge is 2.96. The minimum atomic E-state index is -9.03. The van der Waals surface area contributed by atoms with Gasteiger partial charge in [0.2, 0.25) is 0 Å². The summed E-state index contributed by atoms with van der Waals surface area (Å²) in [6.07, 6.45) is -37.9. The van der Waals surface area contributed by atoms with Gasteiger partial charge in [0.25, 0.3) is 0 Å². The molecule has 0 spiro atoms. The van der Waals surface area contributed by atoms with E-state index in [1.807, 2.05) is 0 Å². The molecule has 0 rings (SSSR count). The number of rotatable bonds is 14. The van der Waals surface area contributed by atoms with Crippen molar-refractivity contribution < 1.29 is 163 Å². The lowest BCUT2D eigenvalue weighted by atomic mass is 9.84. The monoisotopic (exact) mass is 963 g/mol. The second-order valence-corrected chi connectivity index (χ2v) is 10.3. The van der Waals surface area contributed by atoms with Crippen LogP contribution in [0.5, 0.6) is 0 Å². The van der Waals surface area contributed by atoms with E-state index in [4.69, 9.17) is 0 Å². The summed E-state index contributed by atoms with van der Waals surface area (Å²) >= 11 is 0. The third-order valence-electron chi connectivity index (χ3n) is 6.30. The standard InChI is InChI=1S/C10HF22N.C10H8F14O/c11-1(12)2(13,14)33(9(29,30)5(19,20)3(15,16)7(23,24)25)10(31,32)6(21,22)4(17,18)8(26,27)28;1-3-25-8(18,5(13,9(19,20)21)10(22,23)24)7(16,17)6(14,15)4(2,11)12/h1H;3H2,1-2H3. The van der Waals surface area contributed by atoms with Gasteiger partial charge in [0.05, 0.1) is 0 Å². The molecule has 0 saturated carbocycles. The summed E-state index contributed by atoms with van der Waals surface area (Å²) in [6, 6.07) is -26.2. The van der Waals surface area contributed by atoms with Gasteiger partial charge in [-0.15, -0.1) is 4.90 Å². The molecule has 0 radical (unpaired) electrons. The summed E-state index contributed by atoms with van der Waals surface area (Å²) in [5.74, 6) is -63.0. The molecule has 0 amide bonds. The first-order valence-electron chi connectivity index (χ1n) is 12.5. The molecule has 38 heteroatoms. The van der Waals surface area contributed by atoms with Gasteiger partial charge in [-0.25, -0.2) is 17.6 Å². The lowest BCUT2D eigenvalue weighted by Crippen LogP contribution is -2.78. The number of alkyl halides is 36. The van der Waals surface area contributed by atoms with Crippen LogP contribution < -0.4 is 0 Å². The molecule has 1 unspecified atom stereocenters. The summed E-state index contributed by atoms with van der Waals surface area (Å²) < 4.78 is 463. The van der Waals surface area contributed by atoms with E-state index < -0.39 is 121 Å². The van der Waals surface area contributed by atoms with Crippen molar-refractivity contribution in [3.05, 3.63) is 0 Å². The van der Waals surface area contributed by atoms with Crippen LogP contribution in [0.1, 0.15) is 13.8 Å². The molecule has 58 heavy (non-hydrogen) atoms. The molecule has 0 aliphatic rings. The van der Waals surface area contributed by atoms with Gasteiger partial charge in [0.15, 0.2) is 0 Å². The molecule has 0 fully saturated rings. The summed E-state index contributed by atoms with van der Waals surface area (Å²) in [5.41, 5.74) is -7.76. The van der Waals surface area contributed by atoms with Crippen LogP contribution in [0.15, 0.2) is 0 Å². The summed E-state index contributed by atoms with van der Waals surface area (Å²) in [4.78, 5) is -5.25. The van der Waals surface area contributed by atoms with Crippen molar-refractivity contribution in [1.82, 2.24) is 4.90 Å². The Balaban J connectivity index is 0. The third kappa shape index (κ3) is 8.24. The molecule has 0 N–H and O–H groups in total. The topological polar surface area (TPSA) is 12.5 Å². The molecule has 0 aromatic rings. The maximum atomic E-state index is 14.0. The quantitative estimate of drug-likeness (QED) is 0.127. The fourth-order valence-corrected chi connectivity index (χ4v) is 3.27.